The van der Waals surface area contributed by atoms with Gasteiger partial charge in [-0.15, -0.1) is 0 Å². The average molecular weight is 198 g/mol. The highest BCUT2D eigenvalue weighted by molar-refractivity contribution is 4.86. The van der Waals surface area contributed by atoms with Gasteiger partial charge in [0.2, 0.25) is 0 Å². The Hall–Kier alpha value is -0.250. The lowest BCUT2D eigenvalue weighted by molar-refractivity contribution is -0.154. The van der Waals surface area contributed by atoms with E-state index in [9.17, 15) is 18.3 Å². The molecule has 1 unspecified atom stereocenters. The van der Waals surface area contributed by atoms with E-state index in [2.05, 4.69) is 0 Å². The Kier molecular flexibility index (Phi) is 3.41. The number of rotatable bonds is 2. The molecular weight excluding hydrogens is 181 g/mol. The Morgan fingerprint density at radius 1 is 0.923 bits per heavy atom. The molecule has 0 rings (SSSR count). The smallest absolute Gasteiger partial charge is 0.389 e. The molecule has 0 fully saturated rings. The van der Waals surface area contributed by atoms with Gasteiger partial charge >= 0.3 is 6.18 Å². The summed E-state index contributed by atoms with van der Waals surface area (Å²) in [6.07, 6.45) is -5.37. The van der Waals surface area contributed by atoms with Crippen LogP contribution >= 0.6 is 0 Å². The maximum Gasteiger partial charge on any atom is 0.389 e. The van der Waals surface area contributed by atoms with Gasteiger partial charge in [0.15, 0.2) is 0 Å². The van der Waals surface area contributed by atoms with Crippen LogP contribution in [-0.2, 0) is 0 Å². The summed E-state index contributed by atoms with van der Waals surface area (Å²) in [7, 11) is 0. The van der Waals surface area contributed by atoms with Crippen LogP contribution in [0.5, 0.6) is 0 Å². The fraction of sp³-hybridized carbons (Fsp3) is 1.00. The maximum atomic E-state index is 11.9. The van der Waals surface area contributed by atoms with Crippen molar-refractivity contribution >= 4 is 0 Å². The summed E-state index contributed by atoms with van der Waals surface area (Å²) in [6, 6.07) is 0. The second kappa shape index (κ2) is 3.48. The zero-order valence-corrected chi connectivity index (χ0v) is 8.50. The van der Waals surface area contributed by atoms with Crippen LogP contribution < -0.4 is 0 Å². The van der Waals surface area contributed by atoms with Gasteiger partial charge in [-0.1, -0.05) is 20.8 Å². The Bertz CT molecular complexity index is 165. The van der Waals surface area contributed by atoms with Crippen LogP contribution in [0.25, 0.3) is 0 Å². The molecule has 80 valence electrons. The van der Waals surface area contributed by atoms with Crippen molar-refractivity contribution in [2.45, 2.75) is 52.3 Å². The van der Waals surface area contributed by atoms with Crippen LogP contribution in [-0.4, -0.2) is 16.9 Å². The number of hydrogen-bond acceptors (Lipinski definition) is 1. The summed E-state index contributed by atoms with van der Waals surface area (Å²) in [4.78, 5) is 0. The second-order valence-electron chi connectivity index (χ2n) is 4.64. The van der Waals surface area contributed by atoms with Crippen molar-refractivity contribution in [3.63, 3.8) is 0 Å². The van der Waals surface area contributed by atoms with Gasteiger partial charge in [0, 0.05) is 6.42 Å². The van der Waals surface area contributed by atoms with E-state index in [4.69, 9.17) is 0 Å². The lowest BCUT2D eigenvalue weighted by Gasteiger charge is -2.37. The zero-order chi connectivity index (χ0) is 10.9. The normalized spacial score (nSPS) is 18.5. The van der Waals surface area contributed by atoms with E-state index in [1.807, 2.05) is 0 Å². The summed E-state index contributed by atoms with van der Waals surface area (Å²) in [5, 5.41) is 9.71. The van der Waals surface area contributed by atoms with E-state index >= 15 is 0 Å². The van der Waals surface area contributed by atoms with Gasteiger partial charge < -0.3 is 5.11 Å². The van der Waals surface area contributed by atoms with E-state index in [0.717, 1.165) is 0 Å². The molecule has 1 N–H and O–H groups in total. The Labute approximate surface area is 76.9 Å². The number of alkyl halides is 3. The average Bonchev–Trinajstić information content (AvgIpc) is 1.79. The van der Waals surface area contributed by atoms with Crippen LogP contribution in [0.4, 0.5) is 13.2 Å². The molecule has 0 radical (unpaired) electrons. The number of aliphatic hydroxyl groups is 1. The molecule has 0 spiro atoms. The van der Waals surface area contributed by atoms with Gasteiger partial charge in [-0.05, 0) is 18.8 Å². The van der Waals surface area contributed by atoms with Gasteiger partial charge in [-0.25, -0.2) is 0 Å². The molecule has 0 aliphatic carbocycles. The van der Waals surface area contributed by atoms with Crippen molar-refractivity contribution in [3.05, 3.63) is 0 Å². The Morgan fingerprint density at radius 2 is 1.31 bits per heavy atom. The molecule has 0 saturated carbocycles. The van der Waals surface area contributed by atoms with Gasteiger partial charge in [0.1, 0.15) is 0 Å². The topological polar surface area (TPSA) is 20.2 Å². The van der Waals surface area contributed by atoms with Gasteiger partial charge in [0.25, 0.3) is 0 Å². The molecule has 0 aliphatic heterocycles. The molecule has 13 heavy (non-hydrogen) atoms. The minimum atomic E-state index is -4.19. The highest BCUT2D eigenvalue weighted by Crippen LogP contribution is 2.36. The summed E-state index contributed by atoms with van der Waals surface area (Å²) < 4.78 is 35.6. The van der Waals surface area contributed by atoms with Crippen molar-refractivity contribution in [2.75, 3.05) is 0 Å². The van der Waals surface area contributed by atoms with Crippen molar-refractivity contribution in [2.24, 2.45) is 5.41 Å². The highest BCUT2D eigenvalue weighted by atomic mass is 19.4. The third-order valence-corrected chi connectivity index (χ3v) is 2.51. The Morgan fingerprint density at radius 3 is 1.54 bits per heavy atom. The molecule has 0 aromatic heterocycles. The van der Waals surface area contributed by atoms with Crippen LogP contribution in [0, 0.1) is 5.41 Å². The molecule has 0 aromatic carbocycles. The monoisotopic (exact) mass is 198 g/mol. The largest absolute Gasteiger partial charge is 0.390 e. The van der Waals surface area contributed by atoms with Gasteiger partial charge in [0.05, 0.1) is 5.60 Å². The highest BCUT2D eigenvalue weighted by Gasteiger charge is 2.39. The van der Waals surface area contributed by atoms with Gasteiger partial charge in [-0.2, -0.15) is 13.2 Å². The van der Waals surface area contributed by atoms with E-state index in [1.165, 1.54) is 6.92 Å². The van der Waals surface area contributed by atoms with Crippen molar-refractivity contribution < 1.29 is 18.3 Å². The fourth-order valence-corrected chi connectivity index (χ4v) is 0.760. The van der Waals surface area contributed by atoms with Gasteiger partial charge in [-0.3, -0.25) is 0 Å². The second-order valence-corrected chi connectivity index (χ2v) is 4.64. The minimum absolute atomic E-state index is 0.250. The van der Waals surface area contributed by atoms with E-state index < -0.39 is 23.6 Å². The van der Waals surface area contributed by atoms with Crippen LogP contribution in [0.1, 0.15) is 40.5 Å². The van der Waals surface area contributed by atoms with Crippen molar-refractivity contribution in [1.82, 2.24) is 0 Å². The quantitative estimate of drug-likeness (QED) is 0.722. The predicted octanol–water partition coefficient (Wildman–Crippen LogP) is 3.13. The first-order chi connectivity index (χ1) is 5.46. The minimum Gasteiger partial charge on any atom is -0.390 e. The first kappa shape index (κ1) is 12.8. The summed E-state index contributed by atoms with van der Waals surface area (Å²) in [5.74, 6) is 0. The van der Waals surface area contributed by atoms with Crippen LogP contribution in [0.15, 0.2) is 0 Å². The predicted molar refractivity (Wildman–Crippen MR) is 45.4 cm³/mol. The molecule has 0 amide bonds. The molecule has 0 bridgehead atoms. The summed E-state index contributed by atoms with van der Waals surface area (Å²) >= 11 is 0. The lowest BCUT2D eigenvalue weighted by atomic mass is 9.75. The standard InChI is InChI=1S/C9H17F3O/c1-7(2,3)8(4,13)5-6-9(10,11)12/h13H,5-6H2,1-4H3. The van der Waals surface area contributed by atoms with Crippen molar-refractivity contribution in [1.29, 1.82) is 0 Å². The number of halogens is 3. The van der Waals surface area contributed by atoms with Crippen LogP contribution in [0.2, 0.25) is 0 Å². The summed E-state index contributed by atoms with van der Waals surface area (Å²) in [6.45, 7) is 6.62. The molecule has 0 saturated heterocycles. The van der Waals surface area contributed by atoms with E-state index in [0.29, 0.717) is 0 Å². The molecule has 1 nitrogen and oxygen atoms in total. The molecule has 4 heteroatoms. The van der Waals surface area contributed by atoms with E-state index in [-0.39, 0.29) is 6.42 Å². The third kappa shape index (κ3) is 4.50. The lowest BCUT2D eigenvalue weighted by Crippen LogP contribution is -2.40. The fourth-order valence-electron chi connectivity index (χ4n) is 0.760. The SMILES string of the molecule is CC(C)(C)C(C)(O)CCC(F)(F)F. The van der Waals surface area contributed by atoms with Crippen molar-refractivity contribution in [3.8, 4) is 0 Å². The zero-order valence-electron chi connectivity index (χ0n) is 8.50. The molecule has 0 heterocycles. The molecule has 0 aromatic rings. The third-order valence-electron chi connectivity index (χ3n) is 2.51. The molecule has 0 aliphatic rings. The number of hydrogen-bond donors (Lipinski definition) is 1. The molecule has 1 atom stereocenters. The maximum absolute atomic E-state index is 11.9. The van der Waals surface area contributed by atoms with Crippen LogP contribution in [0.3, 0.4) is 0 Å². The first-order valence-electron chi connectivity index (χ1n) is 4.25. The summed E-state index contributed by atoms with van der Waals surface area (Å²) in [5.41, 5.74) is -1.80. The molecular formula is C9H17F3O. The van der Waals surface area contributed by atoms with E-state index in [1.54, 1.807) is 20.8 Å². The Balaban J connectivity index is 4.21. The first-order valence-corrected chi connectivity index (χ1v) is 4.25.